The van der Waals surface area contributed by atoms with Crippen molar-refractivity contribution in [3.05, 3.63) is 28.3 Å². The lowest BCUT2D eigenvalue weighted by Gasteiger charge is -2.09. The topological polar surface area (TPSA) is 62.1 Å². The Morgan fingerprint density at radius 1 is 1.62 bits per heavy atom. The molecule has 0 saturated carbocycles. The number of hydrogen-bond donors (Lipinski definition) is 1. The summed E-state index contributed by atoms with van der Waals surface area (Å²) in [5, 5.41) is 11.3. The number of benzene rings is 1. The molecule has 84 valence electrons. The molecule has 1 aromatic rings. The number of hydrogen-bond acceptors (Lipinski definition) is 3. The Morgan fingerprint density at radius 3 is 2.88 bits per heavy atom. The summed E-state index contributed by atoms with van der Waals surface area (Å²) in [6.45, 7) is 1.77. The second-order valence-electron chi connectivity index (χ2n) is 3.14. The molecule has 1 N–H and O–H groups in total. The molecule has 0 bridgehead atoms. The van der Waals surface area contributed by atoms with E-state index in [1.807, 2.05) is 13.0 Å². The summed E-state index contributed by atoms with van der Waals surface area (Å²) < 4.78 is 5.08. The lowest BCUT2D eigenvalue weighted by atomic mass is 10.1. The van der Waals surface area contributed by atoms with Crippen molar-refractivity contribution in [2.24, 2.45) is 0 Å². The number of methoxy groups -OCH3 is 1. The van der Waals surface area contributed by atoms with Gasteiger partial charge >= 0.3 is 0 Å². The molecule has 1 aromatic carbocycles. The summed E-state index contributed by atoms with van der Waals surface area (Å²) >= 11 is 5.92. The fourth-order valence-electron chi connectivity index (χ4n) is 1.22. The number of nitriles is 1. The van der Waals surface area contributed by atoms with Crippen molar-refractivity contribution in [1.29, 1.82) is 5.26 Å². The summed E-state index contributed by atoms with van der Waals surface area (Å²) in [5.74, 6) is 0.0673. The van der Waals surface area contributed by atoms with E-state index in [0.29, 0.717) is 16.3 Å². The highest BCUT2D eigenvalue weighted by Gasteiger charge is 2.13. The largest absolute Gasteiger partial charge is 0.496 e. The highest BCUT2D eigenvalue weighted by atomic mass is 35.5. The van der Waals surface area contributed by atoms with Crippen molar-refractivity contribution in [3.8, 4) is 11.8 Å². The van der Waals surface area contributed by atoms with Gasteiger partial charge in [-0.3, -0.25) is 4.79 Å². The molecule has 0 aromatic heterocycles. The van der Waals surface area contributed by atoms with Crippen LogP contribution in [0, 0.1) is 18.3 Å². The average molecular weight is 239 g/mol. The number of carbonyl (C=O) groups is 1. The van der Waals surface area contributed by atoms with E-state index >= 15 is 0 Å². The van der Waals surface area contributed by atoms with Crippen molar-refractivity contribution < 1.29 is 9.53 Å². The maximum absolute atomic E-state index is 11.6. The number of amides is 1. The van der Waals surface area contributed by atoms with Crippen LogP contribution in [-0.4, -0.2) is 19.6 Å². The number of nitrogens with zero attached hydrogens (tertiary/aromatic N) is 1. The normalized spacial score (nSPS) is 9.38. The minimum Gasteiger partial charge on any atom is -0.496 e. The lowest BCUT2D eigenvalue weighted by Crippen LogP contribution is -2.24. The summed E-state index contributed by atoms with van der Waals surface area (Å²) in [6, 6.07) is 5.04. The first-order chi connectivity index (χ1) is 7.60. The predicted molar refractivity (Wildman–Crippen MR) is 60.7 cm³/mol. The van der Waals surface area contributed by atoms with Crippen LogP contribution < -0.4 is 10.1 Å². The van der Waals surface area contributed by atoms with Gasteiger partial charge in [-0.2, -0.15) is 5.26 Å². The van der Waals surface area contributed by atoms with E-state index in [1.54, 1.807) is 6.07 Å². The first-order valence-electron chi connectivity index (χ1n) is 4.59. The zero-order chi connectivity index (χ0) is 12.1. The molecule has 5 heteroatoms. The quantitative estimate of drug-likeness (QED) is 0.819. The first kappa shape index (κ1) is 12.3. The molecule has 0 fully saturated rings. The molecule has 0 saturated heterocycles. The molecular weight excluding hydrogens is 228 g/mol. The molecule has 4 nitrogen and oxygen atoms in total. The lowest BCUT2D eigenvalue weighted by molar-refractivity contribution is 0.0955. The van der Waals surface area contributed by atoms with E-state index in [0.717, 1.165) is 5.56 Å². The van der Waals surface area contributed by atoms with Gasteiger partial charge in [0.2, 0.25) is 0 Å². The molecule has 1 amide bonds. The predicted octanol–water partition coefficient (Wildman–Crippen LogP) is 1.91. The Hall–Kier alpha value is -1.73. The van der Waals surface area contributed by atoms with Gasteiger partial charge in [0.05, 0.1) is 18.7 Å². The minimum atomic E-state index is -0.375. The Bertz CT molecular complexity index is 452. The third-order valence-corrected chi connectivity index (χ3v) is 2.46. The van der Waals surface area contributed by atoms with Gasteiger partial charge in [0.15, 0.2) is 0 Å². The molecule has 1 rings (SSSR count). The number of nitrogens with one attached hydrogen (secondary N) is 1. The monoisotopic (exact) mass is 238 g/mol. The van der Waals surface area contributed by atoms with E-state index in [9.17, 15) is 4.79 Å². The van der Waals surface area contributed by atoms with Gasteiger partial charge in [-0.1, -0.05) is 11.6 Å². The van der Waals surface area contributed by atoms with Gasteiger partial charge in [-0.05, 0) is 24.6 Å². The second kappa shape index (κ2) is 5.38. The van der Waals surface area contributed by atoms with Crippen LogP contribution in [0.15, 0.2) is 12.1 Å². The maximum Gasteiger partial charge on any atom is 0.255 e. The van der Waals surface area contributed by atoms with Crippen LogP contribution in [-0.2, 0) is 0 Å². The Labute approximate surface area is 98.8 Å². The number of halogens is 1. The second-order valence-corrected chi connectivity index (χ2v) is 3.55. The highest BCUT2D eigenvalue weighted by molar-refractivity contribution is 6.31. The van der Waals surface area contributed by atoms with Crippen LogP contribution in [0.2, 0.25) is 5.02 Å². The van der Waals surface area contributed by atoms with Crippen LogP contribution in [0.3, 0.4) is 0 Å². The molecule has 0 heterocycles. The molecule has 0 aliphatic heterocycles. The summed E-state index contributed by atoms with van der Waals surface area (Å²) in [4.78, 5) is 11.6. The van der Waals surface area contributed by atoms with Gasteiger partial charge in [-0.25, -0.2) is 0 Å². The molecule has 0 aliphatic rings. The molecule has 0 aliphatic carbocycles. The maximum atomic E-state index is 11.6. The van der Waals surface area contributed by atoms with Crippen LogP contribution in [0.25, 0.3) is 0 Å². The van der Waals surface area contributed by atoms with E-state index in [4.69, 9.17) is 21.6 Å². The van der Waals surface area contributed by atoms with E-state index in [2.05, 4.69) is 5.32 Å². The van der Waals surface area contributed by atoms with E-state index in [-0.39, 0.29) is 12.5 Å². The van der Waals surface area contributed by atoms with Gasteiger partial charge in [0.1, 0.15) is 12.3 Å². The fraction of sp³-hybridized carbons (Fsp3) is 0.273. The average Bonchev–Trinajstić information content (AvgIpc) is 2.28. The zero-order valence-corrected chi connectivity index (χ0v) is 9.76. The number of aryl methyl sites for hydroxylation is 1. The molecule has 16 heavy (non-hydrogen) atoms. The number of carbonyl (C=O) groups excluding carboxylic acids is 1. The van der Waals surface area contributed by atoms with Gasteiger partial charge in [-0.15, -0.1) is 0 Å². The molecular formula is C11H11ClN2O2. The number of rotatable bonds is 3. The molecule has 0 radical (unpaired) electrons. The SMILES string of the molecule is COc1cc(C)c(Cl)cc1C(=O)NCC#N. The van der Waals surface area contributed by atoms with Crippen LogP contribution in [0.1, 0.15) is 15.9 Å². The molecule has 0 atom stereocenters. The first-order valence-corrected chi connectivity index (χ1v) is 4.97. The Kier molecular flexibility index (Phi) is 4.15. The molecule has 0 spiro atoms. The van der Waals surface area contributed by atoms with Crippen molar-refractivity contribution in [2.75, 3.05) is 13.7 Å². The smallest absolute Gasteiger partial charge is 0.255 e. The van der Waals surface area contributed by atoms with Crippen molar-refractivity contribution in [1.82, 2.24) is 5.32 Å². The summed E-state index contributed by atoms with van der Waals surface area (Å²) in [7, 11) is 1.48. The van der Waals surface area contributed by atoms with Crippen molar-refractivity contribution >= 4 is 17.5 Å². The number of ether oxygens (including phenoxy) is 1. The van der Waals surface area contributed by atoms with E-state index in [1.165, 1.54) is 13.2 Å². The fourth-order valence-corrected chi connectivity index (χ4v) is 1.38. The van der Waals surface area contributed by atoms with Gasteiger partial charge in [0, 0.05) is 5.02 Å². The van der Waals surface area contributed by atoms with Gasteiger partial charge < -0.3 is 10.1 Å². The minimum absolute atomic E-state index is 0.0481. The van der Waals surface area contributed by atoms with E-state index < -0.39 is 0 Å². The summed E-state index contributed by atoms with van der Waals surface area (Å²) in [5.41, 5.74) is 1.16. The summed E-state index contributed by atoms with van der Waals surface area (Å²) in [6.07, 6.45) is 0. The van der Waals surface area contributed by atoms with Gasteiger partial charge in [0.25, 0.3) is 5.91 Å². The van der Waals surface area contributed by atoms with Crippen molar-refractivity contribution in [2.45, 2.75) is 6.92 Å². The Morgan fingerprint density at radius 2 is 2.31 bits per heavy atom. The molecule has 0 unspecified atom stereocenters. The van der Waals surface area contributed by atoms with Crippen LogP contribution >= 0.6 is 11.6 Å². The third-order valence-electron chi connectivity index (χ3n) is 2.05. The third kappa shape index (κ3) is 2.65. The van der Waals surface area contributed by atoms with Crippen LogP contribution in [0.5, 0.6) is 5.75 Å². The van der Waals surface area contributed by atoms with Crippen LogP contribution in [0.4, 0.5) is 0 Å². The standard InChI is InChI=1S/C11H11ClN2O2/c1-7-5-10(16-2)8(6-9(7)12)11(15)14-4-3-13/h5-6H,4H2,1-2H3,(H,14,15). The zero-order valence-electron chi connectivity index (χ0n) is 9.00. The Balaban J connectivity index is 3.07. The van der Waals surface area contributed by atoms with Crippen molar-refractivity contribution in [3.63, 3.8) is 0 Å². The highest BCUT2D eigenvalue weighted by Crippen LogP contribution is 2.26.